The van der Waals surface area contributed by atoms with Gasteiger partial charge in [-0.3, -0.25) is 4.79 Å². The average Bonchev–Trinajstić information content (AvgIpc) is 3.38. The highest BCUT2D eigenvalue weighted by Crippen LogP contribution is 2.38. The summed E-state index contributed by atoms with van der Waals surface area (Å²) in [6, 6.07) is 18.3. The van der Waals surface area contributed by atoms with Crippen molar-refractivity contribution < 1.29 is 19.7 Å². The van der Waals surface area contributed by atoms with E-state index in [-0.39, 0.29) is 12.3 Å². The molecule has 0 fully saturated rings. The number of likely N-dealkylation sites (N-methyl/N-ethyl adjacent to an activating group) is 1. The molecule has 4 rings (SSSR count). The number of aryl methyl sites for hydroxylation is 3. The molecule has 4 aromatic rings. The molecular weight excluding hydrogens is 528 g/mol. The third-order valence-electron chi connectivity index (χ3n) is 8.13. The number of ether oxygens (including phenoxy) is 1. The van der Waals surface area contributed by atoms with E-state index in [0.717, 1.165) is 70.5 Å². The van der Waals surface area contributed by atoms with E-state index in [1.54, 1.807) is 6.92 Å². The van der Waals surface area contributed by atoms with Gasteiger partial charge in [0.2, 0.25) is 0 Å². The first kappa shape index (κ1) is 31.3. The number of nitrogens with zero attached hydrogens (tertiary/aromatic N) is 4. The second kappa shape index (κ2) is 14.5. The highest BCUT2D eigenvalue weighted by Gasteiger charge is 2.26. The molecule has 8 heteroatoms. The summed E-state index contributed by atoms with van der Waals surface area (Å²) in [5.41, 5.74) is 8.68. The van der Waals surface area contributed by atoms with Gasteiger partial charge in [0.15, 0.2) is 0 Å². The average molecular weight is 573 g/mol. The monoisotopic (exact) mass is 572 g/mol. The summed E-state index contributed by atoms with van der Waals surface area (Å²) in [7, 11) is 2.10. The molecule has 0 aliphatic rings. The number of carboxylic acid groups (broad SMARTS) is 1. The van der Waals surface area contributed by atoms with Gasteiger partial charge in [-0.1, -0.05) is 60.7 Å². The molecule has 8 nitrogen and oxygen atoms in total. The molecule has 0 radical (unpaired) electrons. The summed E-state index contributed by atoms with van der Waals surface area (Å²) in [6.45, 7) is 11.6. The number of benzene rings is 3. The Morgan fingerprint density at radius 1 is 1.05 bits per heavy atom. The molecule has 224 valence electrons. The van der Waals surface area contributed by atoms with E-state index in [4.69, 9.17) is 4.74 Å². The molecule has 0 spiro atoms. The SMILES string of the molecule is CCc1c(C(CC(=O)O)c2ccc3c(nnn3CCCN(C)CCOCc3ccccc3)c2C)ccc(C)c1C(C)O. The number of aromatic nitrogens is 3. The third-order valence-corrected chi connectivity index (χ3v) is 8.13. The van der Waals surface area contributed by atoms with Crippen LogP contribution in [0.1, 0.15) is 77.7 Å². The van der Waals surface area contributed by atoms with Crippen molar-refractivity contribution in [2.45, 2.75) is 72.1 Å². The van der Waals surface area contributed by atoms with Gasteiger partial charge in [0.05, 0.1) is 31.3 Å². The maximum atomic E-state index is 12.0. The molecule has 2 atom stereocenters. The van der Waals surface area contributed by atoms with Gasteiger partial charge in [-0.15, -0.1) is 5.10 Å². The number of hydrogen-bond donors (Lipinski definition) is 2. The molecule has 0 saturated carbocycles. The molecule has 0 aliphatic carbocycles. The Bertz CT molecular complexity index is 1480. The van der Waals surface area contributed by atoms with Crippen LogP contribution in [0.25, 0.3) is 11.0 Å². The van der Waals surface area contributed by atoms with Gasteiger partial charge < -0.3 is 19.8 Å². The molecule has 0 bridgehead atoms. The van der Waals surface area contributed by atoms with Gasteiger partial charge in [0, 0.05) is 19.0 Å². The smallest absolute Gasteiger partial charge is 0.304 e. The third kappa shape index (κ3) is 7.43. The van der Waals surface area contributed by atoms with E-state index in [1.807, 2.05) is 61.0 Å². The second-order valence-corrected chi connectivity index (χ2v) is 11.2. The summed E-state index contributed by atoms with van der Waals surface area (Å²) in [6.07, 6.45) is 0.951. The fourth-order valence-electron chi connectivity index (χ4n) is 5.98. The summed E-state index contributed by atoms with van der Waals surface area (Å²) < 4.78 is 7.76. The van der Waals surface area contributed by atoms with Crippen LogP contribution >= 0.6 is 0 Å². The van der Waals surface area contributed by atoms with Crippen molar-refractivity contribution in [3.8, 4) is 0 Å². The van der Waals surface area contributed by atoms with E-state index in [2.05, 4.69) is 41.3 Å². The molecule has 42 heavy (non-hydrogen) atoms. The molecular formula is C34H44N4O4. The van der Waals surface area contributed by atoms with Crippen LogP contribution in [0.3, 0.4) is 0 Å². The van der Waals surface area contributed by atoms with Crippen LogP contribution in [-0.2, 0) is 29.1 Å². The van der Waals surface area contributed by atoms with Gasteiger partial charge >= 0.3 is 5.97 Å². The molecule has 3 aromatic carbocycles. The van der Waals surface area contributed by atoms with E-state index < -0.39 is 12.1 Å². The van der Waals surface area contributed by atoms with Gasteiger partial charge in [-0.05, 0) is 92.2 Å². The lowest BCUT2D eigenvalue weighted by Gasteiger charge is -2.25. The zero-order valence-electron chi connectivity index (χ0n) is 25.5. The predicted octanol–water partition coefficient (Wildman–Crippen LogP) is 5.81. The van der Waals surface area contributed by atoms with Crippen molar-refractivity contribution in [3.05, 3.63) is 93.5 Å². The van der Waals surface area contributed by atoms with Crippen LogP contribution in [0, 0.1) is 13.8 Å². The van der Waals surface area contributed by atoms with Crippen LogP contribution in [-0.4, -0.2) is 62.8 Å². The zero-order valence-corrected chi connectivity index (χ0v) is 25.5. The van der Waals surface area contributed by atoms with Crippen LogP contribution in [0.15, 0.2) is 54.6 Å². The number of aliphatic carboxylic acids is 1. The van der Waals surface area contributed by atoms with Crippen molar-refractivity contribution >= 4 is 17.0 Å². The largest absolute Gasteiger partial charge is 0.481 e. The van der Waals surface area contributed by atoms with E-state index in [1.165, 1.54) is 5.56 Å². The van der Waals surface area contributed by atoms with Crippen LogP contribution in [0.5, 0.6) is 0 Å². The summed E-state index contributed by atoms with van der Waals surface area (Å²) in [5, 5.41) is 29.4. The van der Waals surface area contributed by atoms with Crippen molar-refractivity contribution in [1.29, 1.82) is 0 Å². The van der Waals surface area contributed by atoms with Crippen molar-refractivity contribution in [2.75, 3.05) is 26.7 Å². The second-order valence-electron chi connectivity index (χ2n) is 11.2. The van der Waals surface area contributed by atoms with Crippen LogP contribution < -0.4 is 0 Å². The Kier molecular flexibility index (Phi) is 10.8. The Balaban J connectivity index is 1.46. The number of hydrogen-bond acceptors (Lipinski definition) is 6. The van der Waals surface area contributed by atoms with Gasteiger partial charge in [0.1, 0.15) is 5.52 Å². The zero-order chi connectivity index (χ0) is 30.2. The Labute approximate surface area is 248 Å². The van der Waals surface area contributed by atoms with E-state index >= 15 is 0 Å². The predicted molar refractivity (Wildman–Crippen MR) is 166 cm³/mol. The number of aliphatic hydroxyl groups is 1. The first-order valence-electron chi connectivity index (χ1n) is 14.9. The first-order valence-corrected chi connectivity index (χ1v) is 14.9. The number of fused-ring (bicyclic) bond motifs is 1. The molecule has 0 saturated heterocycles. The number of aliphatic hydroxyl groups excluding tert-OH is 1. The summed E-state index contributed by atoms with van der Waals surface area (Å²) in [5.74, 6) is -1.22. The maximum absolute atomic E-state index is 12.0. The quantitative estimate of drug-likeness (QED) is 0.173. The molecule has 0 amide bonds. The topological polar surface area (TPSA) is 101 Å². The Morgan fingerprint density at radius 3 is 2.48 bits per heavy atom. The fourth-order valence-corrected chi connectivity index (χ4v) is 5.98. The summed E-state index contributed by atoms with van der Waals surface area (Å²) in [4.78, 5) is 14.3. The highest BCUT2D eigenvalue weighted by molar-refractivity contribution is 5.80. The standard InChI is InChI=1S/C34H44N4O4/c1-6-27-29(14-13-23(2)33(27)25(4)39)30(21-32(40)41)28-15-16-31-34(24(28)3)35-36-38(31)18-10-17-37(5)19-20-42-22-26-11-8-7-9-12-26/h7-9,11-16,25,30,39H,6,10,17-22H2,1-5H3,(H,40,41). The van der Waals surface area contributed by atoms with Crippen molar-refractivity contribution in [3.63, 3.8) is 0 Å². The molecule has 0 aliphatic heterocycles. The molecule has 2 N–H and O–H groups in total. The Morgan fingerprint density at radius 2 is 1.79 bits per heavy atom. The van der Waals surface area contributed by atoms with Crippen molar-refractivity contribution in [2.24, 2.45) is 0 Å². The minimum absolute atomic E-state index is 0.0445. The minimum Gasteiger partial charge on any atom is -0.481 e. The molecule has 2 unspecified atom stereocenters. The van der Waals surface area contributed by atoms with Crippen molar-refractivity contribution in [1.82, 2.24) is 19.9 Å². The van der Waals surface area contributed by atoms with Gasteiger partial charge in [-0.25, -0.2) is 4.68 Å². The van der Waals surface area contributed by atoms with E-state index in [0.29, 0.717) is 19.6 Å². The first-order chi connectivity index (χ1) is 20.2. The molecule has 1 heterocycles. The van der Waals surface area contributed by atoms with Crippen LogP contribution in [0.4, 0.5) is 0 Å². The summed E-state index contributed by atoms with van der Waals surface area (Å²) >= 11 is 0. The number of carbonyl (C=O) groups is 1. The van der Waals surface area contributed by atoms with Gasteiger partial charge in [-0.2, -0.15) is 0 Å². The van der Waals surface area contributed by atoms with Gasteiger partial charge in [0.25, 0.3) is 0 Å². The minimum atomic E-state index is -0.862. The highest BCUT2D eigenvalue weighted by atomic mass is 16.5. The number of rotatable bonds is 15. The maximum Gasteiger partial charge on any atom is 0.304 e. The normalized spacial score (nSPS) is 13.1. The fraction of sp³-hybridized carbons (Fsp3) is 0.441. The lowest BCUT2D eigenvalue weighted by molar-refractivity contribution is -0.137. The lowest BCUT2D eigenvalue weighted by atomic mass is 9.80. The lowest BCUT2D eigenvalue weighted by Crippen LogP contribution is -2.25. The van der Waals surface area contributed by atoms with Crippen LogP contribution in [0.2, 0.25) is 0 Å². The number of carboxylic acids is 1. The van der Waals surface area contributed by atoms with E-state index in [9.17, 15) is 15.0 Å². The Hall–Kier alpha value is -3.59. The molecule has 1 aromatic heterocycles.